The topological polar surface area (TPSA) is 51.4 Å². The summed E-state index contributed by atoms with van der Waals surface area (Å²) in [7, 11) is 5.67. The standard InChI is InChI=1S/C13H17N3O2S/c1-16(2)11-6-4-5-10(9-11)12-14-15-13(18-12)19-8-7-17-3/h4-6,9H,7-8H2,1-3H3. The lowest BCUT2D eigenvalue weighted by Gasteiger charge is -2.12. The minimum absolute atomic E-state index is 0.545. The van der Waals surface area contributed by atoms with Crippen LogP contribution in [0.3, 0.4) is 0 Å². The zero-order chi connectivity index (χ0) is 13.7. The average Bonchev–Trinajstić information content (AvgIpc) is 2.88. The smallest absolute Gasteiger partial charge is 0.276 e. The minimum Gasteiger partial charge on any atom is -0.411 e. The summed E-state index contributed by atoms with van der Waals surface area (Å²) in [5, 5.41) is 8.66. The summed E-state index contributed by atoms with van der Waals surface area (Å²) in [4.78, 5) is 2.04. The van der Waals surface area contributed by atoms with Crippen LogP contribution in [-0.4, -0.2) is 43.8 Å². The van der Waals surface area contributed by atoms with Crippen molar-refractivity contribution in [3.63, 3.8) is 0 Å². The highest BCUT2D eigenvalue weighted by Gasteiger charge is 2.09. The first-order valence-corrected chi connectivity index (χ1v) is 6.92. The molecule has 2 rings (SSSR count). The summed E-state index contributed by atoms with van der Waals surface area (Å²) >= 11 is 1.50. The number of hydrogen-bond acceptors (Lipinski definition) is 6. The first-order chi connectivity index (χ1) is 9.20. The number of thioether (sulfide) groups is 1. The van der Waals surface area contributed by atoms with Crippen molar-refractivity contribution in [3.05, 3.63) is 24.3 Å². The van der Waals surface area contributed by atoms with E-state index in [9.17, 15) is 0 Å². The fourth-order valence-corrected chi connectivity index (χ4v) is 2.18. The van der Waals surface area contributed by atoms with Gasteiger partial charge >= 0.3 is 0 Å². The van der Waals surface area contributed by atoms with E-state index in [4.69, 9.17) is 9.15 Å². The van der Waals surface area contributed by atoms with E-state index in [1.807, 2.05) is 43.3 Å². The number of anilines is 1. The van der Waals surface area contributed by atoms with E-state index in [1.54, 1.807) is 7.11 Å². The molecule has 0 spiro atoms. The van der Waals surface area contributed by atoms with Crippen molar-refractivity contribution in [1.82, 2.24) is 10.2 Å². The third kappa shape index (κ3) is 3.71. The van der Waals surface area contributed by atoms with Crippen LogP contribution < -0.4 is 4.90 Å². The largest absolute Gasteiger partial charge is 0.411 e. The van der Waals surface area contributed by atoms with Crippen molar-refractivity contribution in [1.29, 1.82) is 0 Å². The van der Waals surface area contributed by atoms with Crippen LogP contribution in [0.2, 0.25) is 0 Å². The number of benzene rings is 1. The first-order valence-electron chi connectivity index (χ1n) is 5.93. The van der Waals surface area contributed by atoms with Gasteiger partial charge in [0.2, 0.25) is 5.89 Å². The number of aromatic nitrogens is 2. The average molecular weight is 279 g/mol. The second-order valence-electron chi connectivity index (χ2n) is 4.16. The van der Waals surface area contributed by atoms with Crippen LogP contribution >= 0.6 is 11.8 Å². The van der Waals surface area contributed by atoms with Gasteiger partial charge in [0, 0.05) is 38.2 Å². The fraction of sp³-hybridized carbons (Fsp3) is 0.385. The molecule has 0 saturated carbocycles. The van der Waals surface area contributed by atoms with Crippen LogP contribution in [0.1, 0.15) is 0 Å². The molecule has 0 fully saturated rings. The van der Waals surface area contributed by atoms with Crippen molar-refractivity contribution >= 4 is 17.4 Å². The summed E-state index contributed by atoms with van der Waals surface area (Å²) in [6, 6.07) is 8.00. The van der Waals surface area contributed by atoms with Gasteiger partial charge in [-0.25, -0.2) is 0 Å². The molecule has 0 aliphatic heterocycles. The van der Waals surface area contributed by atoms with Crippen molar-refractivity contribution in [2.45, 2.75) is 5.22 Å². The van der Waals surface area contributed by atoms with Crippen LogP contribution in [0.15, 0.2) is 33.9 Å². The van der Waals surface area contributed by atoms with Gasteiger partial charge in [0.05, 0.1) is 6.61 Å². The zero-order valence-corrected chi connectivity index (χ0v) is 12.1. The van der Waals surface area contributed by atoms with E-state index in [2.05, 4.69) is 10.2 Å². The quantitative estimate of drug-likeness (QED) is 0.598. The predicted molar refractivity (Wildman–Crippen MR) is 76.7 cm³/mol. The molecule has 0 saturated heterocycles. The van der Waals surface area contributed by atoms with Gasteiger partial charge in [-0.1, -0.05) is 17.8 Å². The molecular weight excluding hydrogens is 262 g/mol. The van der Waals surface area contributed by atoms with Gasteiger partial charge in [-0.05, 0) is 18.2 Å². The molecule has 2 aromatic rings. The van der Waals surface area contributed by atoms with Gasteiger partial charge in [0.25, 0.3) is 5.22 Å². The lowest BCUT2D eigenvalue weighted by atomic mass is 10.2. The first kappa shape index (κ1) is 13.9. The lowest BCUT2D eigenvalue weighted by molar-refractivity contribution is 0.218. The summed E-state index contributed by atoms with van der Waals surface area (Å²) in [6.45, 7) is 0.665. The Morgan fingerprint density at radius 3 is 2.89 bits per heavy atom. The Bertz CT molecular complexity index is 528. The molecule has 102 valence electrons. The molecule has 0 aliphatic carbocycles. The summed E-state index contributed by atoms with van der Waals surface area (Å²) < 4.78 is 10.6. The molecule has 1 aromatic carbocycles. The molecule has 19 heavy (non-hydrogen) atoms. The van der Waals surface area contributed by atoms with Crippen molar-refractivity contribution in [3.8, 4) is 11.5 Å². The van der Waals surface area contributed by atoms with Crippen LogP contribution in [-0.2, 0) is 4.74 Å². The molecule has 0 unspecified atom stereocenters. The Balaban J connectivity index is 2.11. The molecular formula is C13H17N3O2S. The number of nitrogens with zero attached hydrogens (tertiary/aromatic N) is 3. The second-order valence-corrected chi connectivity index (χ2v) is 5.21. The monoisotopic (exact) mass is 279 g/mol. The highest BCUT2D eigenvalue weighted by atomic mass is 32.2. The van der Waals surface area contributed by atoms with E-state index in [0.717, 1.165) is 17.0 Å². The van der Waals surface area contributed by atoms with E-state index < -0.39 is 0 Å². The normalized spacial score (nSPS) is 10.7. The number of methoxy groups -OCH3 is 1. The fourth-order valence-electron chi connectivity index (χ4n) is 1.51. The third-order valence-corrected chi connectivity index (χ3v) is 3.31. The molecule has 0 N–H and O–H groups in total. The molecule has 0 aliphatic rings. The van der Waals surface area contributed by atoms with Crippen LogP contribution in [0.5, 0.6) is 0 Å². The van der Waals surface area contributed by atoms with Crippen molar-refractivity contribution in [2.24, 2.45) is 0 Å². The molecule has 1 aromatic heterocycles. The van der Waals surface area contributed by atoms with Crippen LogP contribution in [0.25, 0.3) is 11.5 Å². The third-order valence-electron chi connectivity index (χ3n) is 2.53. The highest BCUT2D eigenvalue weighted by molar-refractivity contribution is 7.99. The molecule has 5 nitrogen and oxygen atoms in total. The molecule has 0 atom stereocenters. The second kappa shape index (κ2) is 6.58. The van der Waals surface area contributed by atoms with Crippen molar-refractivity contribution < 1.29 is 9.15 Å². The van der Waals surface area contributed by atoms with Gasteiger partial charge < -0.3 is 14.1 Å². The molecule has 0 bridgehead atoms. The van der Waals surface area contributed by atoms with Gasteiger partial charge in [-0.15, -0.1) is 10.2 Å². The molecule has 0 radical (unpaired) electrons. The zero-order valence-electron chi connectivity index (χ0n) is 11.3. The Morgan fingerprint density at radius 1 is 1.32 bits per heavy atom. The molecule has 1 heterocycles. The van der Waals surface area contributed by atoms with E-state index in [0.29, 0.717) is 17.7 Å². The number of rotatable bonds is 6. The summed E-state index contributed by atoms with van der Waals surface area (Å²) in [5.74, 6) is 1.35. The highest BCUT2D eigenvalue weighted by Crippen LogP contribution is 2.25. The maximum absolute atomic E-state index is 5.62. The predicted octanol–water partition coefficient (Wildman–Crippen LogP) is 2.54. The number of hydrogen-bond donors (Lipinski definition) is 0. The minimum atomic E-state index is 0.545. The van der Waals surface area contributed by atoms with Gasteiger partial charge in [-0.2, -0.15) is 0 Å². The number of ether oxygens (including phenoxy) is 1. The molecule has 6 heteroatoms. The summed E-state index contributed by atoms with van der Waals surface area (Å²) in [6.07, 6.45) is 0. The maximum atomic E-state index is 5.62. The van der Waals surface area contributed by atoms with Gasteiger partial charge in [0.15, 0.2) is 0 Å². The van der Waals surface area contributed by atoms with Crippen LogP contribution in [0, 0.1) is 0 Å². The van der Waals surface area contributed by atoms with E-state index in [1.165, 1.54) is 11.8 Å². The Labute approximate surface area is 117 Å². The maximum Gasteiger partial charge on any atom is 0.276 e. The Morgan fingerprint density at radius 2 is 2.16 bits per heavy atom. The van der Waals surface area contributed by atoms with Crippen molar-refractivity contribution in [2.75, 3.05) is 38.5 Å². The summed E-state index contributed by atoms with van der Waals surface area (Å²) in [5.41, 5.74) is 2.03. The van der Waals surface area contributed by atoms with E-state index in [-0.39, 0.29) is 0 Å². The van der Waals surface area contributed by atoms with Gasteiger partial charge in [0.1, 0.15) is 0 Å². The Kier molecular flexibility index (Phi) is 4.81. The lowest BCUT2D eigenvalue weighted by Crippen LogP contribution is -2.08. The Hall–Kier alpha value is -1.53. The SMILES string of the molecule is COCCSc1nnc(-c2cccc(N(C)C)c2)o1. The van der Waals surface area contributed by atoms with E-state index >= 15 is 0 Å². The van der Waals surface area contributed by atoms with Crippen LogP contribution in [0.4, 0.5) is 5.69 Å². The van der Waals surface area contributed by atoms with Gasteiger partial charge in [-0.3, -0.25) is 0 Å². The molecule has 0 amide bonds.